The molecule has 170 valence electrons. The number of amides is 2. The third kappa shape index (κ3) is 4.75. The maximum atomic E-state index is 13.2. The molecule has 3 aromatic rings. The van der Waals surface area contributed by atoms with Gasteiger partial charge in [-0.15, -0.1) is 0 Å². The first-order valence-corrected chi connectivity index (χ1v) is 11.2. The Labute approximate surface area is 194 Å². The van der Waals surface area contributed by atoms with Gasteiger partial charge in [0.15, 0.2) is 0 Å². The van der Waals surface area contributed by atoms with E-state index in [0.29, 0.717) is 31.7 Å². The minimum absolute atomic E-state index is 0.00713. The fraction of sp³-hybridized carbons (Fsp3) is 0.296. The second-order valence-corrected chi connectivity index (χ2v) is 8.48. The van der Waals surface area contributed by atoms with Gasteiger partial charge >= 0.3 is 0 Å². The molecule has 0 spiro atoms. The highest BCUT2D eigenvalue weighted by Gasteiger charge is 2.45. The largest absolute Gasteiger partial charge is 0.496 e. The zero-order valence-corrected chi connectivity index (χ0v) is 19.1. The molecule has 33 heavy (non-hydrogen) atoms. The van der Waals surface area contributed by atoms with Gasteiger partial charge in [0, 0.05) is 38.1 Å². The van der Waals surface area contributed by atoms with Gasteiger partial charge in [-0.2, -0.15) is 0 Å². The van der Waals surface area contributed by atoms with Crippen molar-refractivity contribution in [1.82, 2.24) is 15.2 Å². The van der Waals surface area contributed by atoms with Gasteiger partial charge in [-0.25, -0.2) is 0 Å². The van der Waals surface area contributed by atoms with E-state index in [2.05, 4.69) is 22.4 Å². The van der Waals surface area contributed by atoms with E-state index in [0.717, 1.165) is 22.3 Å². The number of nitrogens with zero attached hydrogens (tertiary/aromatic N) is 2. The zero-order valence-electron chi connectivity index (χ0n) is 19.1. The van der Waals surface area contributed by atoms with E-state index in [1.54, 1.807) is 26.6 Å². The number of benzene rings is 2. The molecular weight excluding hydrogens is 414 g/mol. The second-order valence-electron chi connectivity index (χ2n) is 8.48. The molecule has 1 N–H and O–H groups in total. The first kappa shape index (κ1) is 22.5. The van der Waals surface area contributed by atoms with E-state index in [1.165, 1.54) is 0 Å². The highest BCUT2D eigenvalue weighted by Crippen LogP contribution is 2.38. The van der Waals surface area contributed by atoms with Gasteiger partial charge in [-0.1, -0.05) is 42.5 Å². The number of carbonyl (C=O) groups is 2. The van der Waals surface area contributed by atoms with Crippen LogP contribution in [0.25, 0.3) is 11.1 Å². The van der Waals surface area contributed by atoms with Crippen LogP contribution in [0.4, 0.5) is 0 Å². The molecule has 1 atom stereocenters. The highest BCUT2D eigenvalue weighted by molar-refractivity contribution is 5.86. The standard InChI is InChI=1S/C27H29N3O3/c1-28-26(32)27(18-22-8-3-5-9-23(22)20-11-14-29-15-12-20)13-16-30(19-27)25(31)17-21-7-4-6-10-24(21)33-2/h3-12,14-15H,13,16-19H2,1-2H3,(H,28,32). The van der Waals surface area contributed by atoms with Gasteiger partial charge in [0.2, 0.25) is 11.8 Å². The van der Waals surface area contributed by atoms with E-state index < -0.39 is 5.41 Å². The minimum Gasteiger partial charge on any atom is -0.496 e. The summed E-state index contributed by atoms with van der Waals surface area (Å²) >= 11 is 0. The van der Waals surface area contributed by atoms with Crippen molar-refractivity contribution >= 4 is 11.8 Å². The summed E-state index contributed by atoms with van der Waals surface area (Å²) in [5.41, 5.74) is 3.42. The molecule has 2 aromatic carbocycles. The van der Waals surface area contributed by atoms with E-state index in [9.17, 15) is 9.59 Å². The molecular formula is C27H29N3O3. The first-order valence-electron chi connectivity index (χ1n) is 11.2. The summed E-state index contributed by atoms with van der Waals surface area (Å²) in [7, 11) is 3.27. The Morgan fingerprint density at radius 2 is 1.73 bits per heavy atom. The molecule has 1 unspecified atom stereocenters. The van der Waals surface area contributed by atoms with Crippen LogP contribution in [0, 0.1) is 5.41 Å². The number of aromatic nitrogens is 1. The van der Waals surface area contributed by atoms with Crippen LogP contribution in [0.1, 0.15) is 17.5 Å². The molecule has 4 rings (SSSR count). The fourth-order valence-corrected chi connectivity index (χ4v) is 4.74. The molecule has 0 saturated carbocycles. The number of carbonyl (C=O) groups excluding carboxylic acids is 2. The Kier molecular flexibility index (Phi) is 6.73. The van der Waals surface area contributed by atoms with Gasteiger partial charge in [-0.3, -0.25) is 14.6 Å². The van der Waals surface area contributed by atoms with Crippen LogP contribution < -0.4 is 10.1 Å². The van der Waals surface area contributed by atoms with Crippen molar-refractivity contribution in [2.24, 2.45) is 5.41 Å². The van der Waals surface area contributed by atoms with Gasteiger partial charge < -0.3 is 15.0 Å². The summed E-state index contributed by atoms with van der Waals surface area (Å²) < 4.78 is 5.40. The number of rotatable bonds is 7. The molecule has 6 heteroatoms. The molecule has 1 aromatic heterocycles. The van der Waals surface area contributed by atoms with Crippen LogP contribution in [0.2, 0.25) is 0 Å². The highest BCUT2D eigenvalue weighted by atomic mass is 16.5. The van der Waals surface area contributed by atoms with Gasteiger partial charge in [0.25, 0.3) is 0 Å². The quantitative estimate of drug-likeness (QED) is 0.607. The molecule has 1 aliphatic rings. The predicted molar refractivity (Wildman–Crippen MR) is 128 cm³/mol. The molecule has 1 saturated heterocycles. The number of methoxy groups -OCH3 is 1. The van der Waals surface area contributed by atoms with Crippen LogP contribution in [0.15, 0.2) is 73.1 Å². The monoisotopic (exact) mass is 443 g/mol. The molecule has 6 nitrogen and oxygen atoms in total. The summed E-state index contributed by atoms with van der Waals surface area (Å²) in [6.07, 6.45) is 4.98. The Morgan fingerprint density at radius 1 is 1.03 bits per heavy atom. The zero-order chi connectivity index (χ0) is 23.3. The smallest absolute Gasteiger partial charge is 0.228 e. The van der Waals surface area contributed by atoms with Crippen molar-refractivity contribution in [3.05, 3.63) is 84.2 Å². The second kappa shape index (κ2) is 9.86. The van der Waals surface area contributed by atoms with E-state index in [-0.39, 0.29) is 18.2 Å². The fourth-order valence-electron chi connectivity index (χ4n) is 4.74. The normalized spacial score (nSPS) is 17.6. The molecule has 0 radical (unpaired) electrons. The Morgan fingerprint density at radius 3 is 2.45 bits per heavy atom. The summed E-state index contributed by atoms with van der Waals surface area (Å²) in [6, 6.07) is 19.6. The summed E-state index contributed by atoms with van der Waals surface area (Å²) in [5.74, 6) is 0.682. The summed E-state index contributed by atoms with van der Waals surface area (Å²) in [5, 5.41) is 2.85. The van der Waals surface area contributed by atoms with Crippen molar-refractivity contribution in [2.45, 2.75) is 19.3 Å². The van der Waals surface area contributed by atoms with Crippen LogP contribution in [-0.4, -0.2) is 48.9 Å². The van der Waals surface area contributed by atoms with E-state index >= 15 is 0 Å². The van der Waals surface area contributed by atoms with E-state index in [4.69, 9.17) is 4.74 Å². The van der Waals surface area contributed by atoms with Crippen molar-refractivity contribution in [3.63, 3.8) is 0 Å². The van der Waals surface area contributed by atoms with Gasteiger partial charge in [0.1, 0.15) is 5.75 Å². The number of nitrogens with one attached hydrogen (secondary N) is 1. The lowest BCUT2D eigenvalue weighted by Crippen LogP contribution is -2.44. The third-order valence-electron chi connectivity index (χ3n) is 6.49. The molecule has 2 heterocycles. The van der Waals surface area contributed by atoms with Crippen LogP contribution in [0.3, 0.4) is 0 Å². The first-order chi connectivity index (χ1) is 16.1. The van der Waals surface area contributed by atoms with Crippen molar-refractivity contribution in [3.8, 4) is 16.9 Å². The molecule has 0 bridgehead atoms. The van der Waals surface area contributed by atoms with Crippen LogP contribution in [0.5, 0.6) is 5.75 Å². The van der Waals surface area contributed by atoms with Crippen LogP contribution >= 0.6 is 0 Å². The number of ether oxygens (including phenoxy) is 1. The maximum absolute atomic E-state index is 13.2. The maximum Gasteiger partial charge on any atom is 0.228 e. The number of hydrogen-bond acceptors (Lipinski definition) is 4. The Hall–Kier alpha value is -3.67. The molecule has 2 amide bonds. The summed E-state index contributed by atoms with van der Waals surface area (Å²) in [6.45, 7) is 0.949. The topological polar surface area (TPSA) is 71.5 Å². The lowest BCUT2D eigenvalue weighted by Gasteiger charge is -2.29. The number of pyridine rings is 1. The van der Waals surface area contributed by atoms with Crippen molar-refractivity contribution in [2.75, 3.05) is 27.2 Å². The SMILES string of the molecule is CNC(=O)C1(Cc2ccccc2-c2ccncc2)CCN(C(=O)Cc2ccccc2OC)C1. The lowest BCUT2D eigenvalue weighted by atomic mass is 9.78. The molecule has 0 aliphatic carbocycles. The van der Waals surface area contributed by atoms with Crippen molar-refractivity contribution in [1.29, 1.82) is 0 Å². The van der Waals surface area contributed by atoms with Gasteiger partial charge in [-0.05, 0) is 47.7 Å². The Balaban J connectivity index is 1.58. The lowest BCUT2D eigenvalue weighted by molar-refractivity contribution is -0.132. The average molecular weight is 444 g/mol. The van der Waals surface area contributed by atoms with Gasteiger partial charge in [0.05, 0.1) is 18.9 Å². The van der Waals surface area contributed by atoms with Crippen LogP contribution in [-0.2, 0) is 22.4 Å². The predicted octanol–water partition coefficient (Wildman–Crippen LogP) is 3.51. The minimum atomic E-state index is -0.672. The number of hydrogen-bond donors (Lipinski definition) is 1. The molecule has 1 fully saturated rings. The Bertz CT molecular complexity index is 1130. The number of para-hydroxylation sites is 1. The number of likely N-dealkylation sites (tertiary alicyclic amines) is 1. The van der Waals surface area contributed by atoms with Crippen molar-refractivity contribution < 1.29 is 14.3 Å². The summed E-state index contributed by atoms with van der Waals surface area (Å²) in [4.78, 5) is 32.2. The van der Waals surface area contributed by atoms with E-state index in [1.807, 2.05) is 53.4 Å². The third-order valence-corrected chi connectivity index (χ3v) is 6.49. The average Bonchev–Trinajstić information content (AvgIpc) is 3.30. The molecule has 1 aliphatic heterocycles.